The highest BCUT2D eigenvalue weighted by Gasteiger charge is 2.40. The largest absolute Gasteiger partial charge is 0.480 e. The Hall–Kier alpha value is -0.260. The number of aliphatic hydroxyl groups is 1. The molecule has 0 aromatic rings. The lowest BCUT2D eigenvalue weighted by Crippen LogP contribution is -2.52. The molecule has 1 aliphatic carbocycles. The molecular weight excluding hydrogens is 262 g/mol. The summed E-state index contributed by atoms with van der Waals surface area (Å²) in [5, 5.41) is 21.7. The van der Waals surface area contributed by atoms with Gasteiger partial charge in [0.15, 0.2) is 0 Å². The molecule has 112 valence electrons. The summed E-state index contributed by atoms with van der Waals surface area (Å²) in [5.74, 6) is 1.52. The Labute approximate surface area is 120 Å². The first kappa shape index (κ1) is 16.8. The van der Waals surface area contributed by atoms with Crippen molar-refractivity contribution in [3.05, 3.63) is 0 Å². The highest BCUT2D eigenvalue weighted by Crippen LogP contribution is 2.28. The number of hydrogen-bond donors (Lipinski definition) is 3. The van der Waals surface area contributed by atoms with E-state index in [-0.39, 0.29) is 6.61 Å². The molecule has 0 aliphatic heterocycles. The van der Waals surface area contributed by atoms with Crippen LogP contribution in [0.4, 0.5) is 0 Å². The molecule has 1 aliphatic rings. The monoisotopic (exact) mass is 289 g/mol. The van der Waals surface area contributed by atoms with E-state index in [0.717, 1.165) is 30.8 Å². The third-order valence-electron chi connectivity index (χ3n) is 3.68. The molecule has 2 unspecified atom stereocenters. The van der Waals surface area contributed by atoms with Crippen molar-refractivity contribution in [1.29, 1.82) is 0 Å². The average molecular weight is 289 g/mol. The van der Waals surface area contributed by atoms with Crippen molar-refractivity contribution in [2.24, 2.45) is 5.92 Å². The molecule has 2 atom stereocenters. The number of thioether (sulfide) groups is 1. The van der Waals surface area contributed by atoms with Gasteiger partial charge in [0.1, 0.15) is 5.54 Å². The molecule has 4 nitrogen and oxygen atoms in total. The van der Waals surface area contributed by atoms with Crippen LogP contribution in [0.25, 0.3) is 0 Å². The van der Waals surface area contributed by atoms with Crippen molar-refractivity contribution in [3.8, 4) is 0 Å². The number of aliphatic hydroxyl groups excluding tert-OH is 1. The number of carbonyl (C=O) groups is 1. The van der Waals surface area contributed by atoms with Gasteiger partial charge in [-0.15, -0.1) is 0 Å². The lowest BCUT2D eigenvalue weighted by Gasteiger charge is -2.29. The highest BCUT2D eigenvalue weighted by molar-refractivity contribution is 7.99. The summed E-state index contributed by atoms with van der Waals surface area (Å²) in [7, 11) is 0. The molecule has 0 spiro atoms. The Kier molecular flexibility index (Phi) is 7.18. The van der Waals surface area contributed by atoms with Crippen molar-refractivity contribution in [2.75, 3.05) is 18.1 Å². The van der Waals surface area contributed by atoms with E-state index in [1.807, 2.05) is 13.8 Å². The third-order valence-corrected chi connectivity index (χ3v) is 5.06. The van der Waals surface area contributed by atoms with E-state index in [2.05, 4.69) is 5.32 Å². The van der Waals surface area contributed by atoms with Crippen molar-refractivity contribution in [1.82, 2.24) is 5.32 Å². The first-order valence-electron chi connectivity index (χ1n) is 7.23. The quantitative estimate of drug-likeness (QED) is 0.508. The van der Waals surface area contributed by atoms with Crippen LogP contribution in [0.5, 0.6) is 0 Å². The van der Waals surface area contributed by atoms with Gasteiger partial charge in [0.05, 0.1) is 0 Å². The van der Waals surface area contributed by atoms with E-state index in [1.165, 1.54) is 0 Å². The summed E-state index contributed by atoms with van der Waals surface area (Å²) >= 11 is 1.80. The standard InChI is InChI=1S/C14H27NO3S/c1-3-14(13(17)18,15-12-5-6-12)7-4-8-19-10-11(2)9-16/h11-12,15-16H,3-10H2,1-2H3,(H,17,18). The fourth-order valence-electron chi connectivity index (χ4n) is 2.10. The lowest BCUT2D eigenvalue weighted by molar-refractivity contribution is -0.145. The molecule has 1 rings (SSSR count). The van der Waals surface area contributed by atoms with Crippen molar-refractivity contribution < 1.29 is 15.0 Å². The highest BCUT2D eigenvalue weighted by atomic mass is 32.2. The van der Waals surface area contributed by atoms with Crippen LogP contribution in [-0.2, 0) is 4.79 Å². The van der Waals surface area contributed by atoms with Gasteiger partial charge in [-0.05, 0) is 49.5 Å². The van der Waals surface area contributed by atoms with Crippen LogP contribution < -0.4 is 5.32 Å². The molecule has 0 amide bonds. The second-order valence-corrected chi connectivity index (χ2v) is 6.78. The second kappa shape index (κ2) is 8.12. The Morgan fingerprint density at radius 2 is 2.21 bits per heavy atom. The smallest absolute Gasteiger partial charge is 0.323 e. The van der Waals surface area contributed by atoms with Crippen LogP contribution in [0.1, 0.15) is 46.0 Å². The molecule has 0 aromatic carbocycles. The van der Waals surface area contributed by atoms with E-state index < -0.39 is 11.5 Å². The van der Waals surface area contributed by atoms with E-state index in [4.69, 9.17) is 5.11 Å². The van der Waals surface area contributed by atoms with Crippen molar-refractivity contribution in [2.45, 2.75) is 57.5 Å². The van der Waals surface area contributed by atoms with E-state index >= 15 is 0 Å². The maximum atomic E-state index is 11.5. The predicted molar refractivity (Wildman–Crippen MR) is 79.6 cm³/mol. The molecule has 1 saturated carbocycles. The molecular formula is C14H27NO3S. The SMILES string of the molecule is CCC(CCCSCC(C)CO)(NC1CC1)C(=O)O. The fourth-order valence-corrected chi connectivity index (χ4v) is 3.13. The summed E-state index contributed by atoms with van der Waals surface area (Å²) in [4.78, 5) is 11.5. The number of hydrogen-bond acceptors (Lipinski definition) is 4. The summed E-state index contributed by atoms with van der Waals surface area (Å²) in [5.41, 5.74) is -0.732. The minimum atomic E-state index is -0.732. The lowest BCUT2D eigenvalue weighted by atomic mass is 9.90. The third kappa shape index (κ3) is 5.71. The van der Waals surface area contributed by atoms with Crippen LogP contribution in [0.3, 0.4) is 0 Å². The van der Waals surface area contributed by atoms with Crippen LogP contribution in [-0.4, -0.2) is 45.9 Å². The van der Waals surface area contributed by atoms with Crippen molar-refractivity contribution in [3.63, 3.8) is 0 Å². The van der Waals surface area contributed by atoms with E-state index in [9.17, 15) is 9.90 Å². The predicted octanol–water partition coefficient (Wildman–Crippen LogP) is 2.11. The van der Waals surface area contributed by atoms with Crippen LogP contribution >= 0.6 is 11.8 Å². The topological polar surface area (TPSA) is 69.6 Å². The summed E-state index contributed by atoms with van der Waals surface area (Å²) in [6.45, 7) is 4.20. The van der Waals surface area contributed by atoms with Gasteiger partial charge in [-0.2, -0.15) is 11.8 Å². The van der Waals surface area contributed by atoms with Gasteiger partial charge < -0.3 is 10.2 Å². The van der Waals surface area contributed by atoms with Gasteiger partial charge in [-0.3, -0.25) is 10.1 Å². The van der Waals surface area contributed by atoms with Crippen molar-refractivity contribution >= 4 is 17.7 Å². The minimum absolute atomic E-state index is 0.226. The average Bonchev–Trinajstić information content (AvgIpc) is 3.20. The van der Waals surface area contributed by atoms with E-state index in [1.54, 1.807) is 11.8 Å². The van der Waals surface area contributed by atoms with Crippen LogP contribution in [0.15, 0.2) is 0 Å². The second-order valence-electron chi connectivity index (χ2n) is 5.63. The van der Waals surface area contributed by atoms with Gasteiger partial charge in [-0.1, -0.05) is 13.8 Å². The van der Waals surface area contributed by atoms with Gasteiger partial charge in [0.25, 0.3) is 0 Å². The Morgan fingerprint density at radius 3 is 2.68 bits per heavy atom. The Bertz CT molecular complexity index is 284. The molecule has 0 bridgehead atoms. The van der Waals surface area contributed by atoms with Gasteiger partial charge >= 0.3 is 5.97 Å². The molecule has 5 heteroatoms. The van der Waals surface area contributed by atoms with Crippen LogP contribution in [0.2, 0.25) is 0 Å². The maximum absolute atomic E-state index is 11.5. The molecule has 0 heterocycles. The van der Waals surface area contributed by atoms with Crippen LogP contribution in [0, 0.1) is 5.92 Å². The number of carboxylic acid groups (broad SMARTS) is 1. The zero-order valence-electron chi connectivity index (χ0n) is 12.0. The van der Waals surface area contributed by atoms with Gasteiger partial charge in [0.2, 0.25) is 0 Å². The normalized spacial score (nSPS) is 19.9. The van der Waals surface area contributed by atoms with Gasteiger partial charge in [0, 0.05) is 12.6 Å². The zero-order chi connectivity index (χ0) is 14.3. The number of carboxylic acids is 1. The fraction of sp³-hybridized carbons (Fsp3) is 0.929. The Balaban J connectivity index is 2.30. The molecule has 19 heavy (non-hydrogen) atoms. The van der Waals surface area contributed by atoms with Gasteiger partial charge in [-0.25, -0.2) is 0 Å². The number of rotatable bonds is 11. The molecule has 1 fully saturated rings. The number of aliphatic carboxylic acids is 1. The molecule has 0 saturated heterocycles. The maximum Gasteiger partial charge on any atom is 0.323 e. The Morgan fingerprint density at radius 1 is 1.53 bits per heavy atom. The molecule has 3 N–H and O–H groups in total. The first-order valence-corrected chi connectivity index (χ1v) is 8.39. The molecule has 0 aromatic heterocycles. The number of nitrogens with one attached hydrogen (secondary N) is 1. The molecule has 0 radical (unpaired) electrons. The summed E-state index contributed by atoms with van der Waals surface area (Å²) < 4.78 is 0. The minimum Gasteiger partial charge on any atom is -0.480 e. The summed E-state index contributed by atoms with van der Waals surface area (Å²) in [6.07, 6.45) is 4.45. The summed E-state index contributed by atoms with van der Waals surface area (Å²) in [6, 6.07) is 0.415. The first-order chi connectivity index (χ1) is 9.04. The zero-order valence-corrected chi connectivity index (χ0v) is 12.8. The van der Waals surface area contributed by atoms with E-state index in [0.29, 0.717) is 24.8 Å².